The zero-order valence-corrected chi connectivity index (χ0v) is 23.8. The van der Waals surface area contributed by atoms with Crippen molar-refractivity contribution in [1.82, 2.24) is 0 Å². The second kappa shape index (κ2) is 11.6. The van der Waals surface area contributed by atoms with Crippen molar-refractivity contribution in [3.63, 3.8) is 0 Å². The van der Waals surface area contributed by atoms with Crippen LogP contribution in [0.2, 0.25) is 0 Å². The largest absolute Gasteiger partial charge is 0.396 e. The van der Waals surface area contributed by atoms with Crippen molar-refractivity contribution in [3.05, 3.63) is 121 Å². The average molecular weight is 525 g/mol. The van der Waals surface area contributed by atoms with Gasteiger partial charge in [-0.3, -0.25) is 0 Å². The maximum atomic E-state index is 10.8. The molecule has 0 aromatic heterocycles. The first-order valence-electron chi connectivity index (χ1n) is 13.4. The summed E-state index contributed by atoms with van der Waals surface area (Å²) >= 11 is 0. The molecule has 3 heteroatoms. The van der Waals surface area contributed by atoms with Crippen LogP contribution in [-0.2, 0) is 0 Å². The Bertz CT molecular complexity index is 1170. The van der Waals surface area contributed by atoms with Gasteiger partial charge in [0.05, 0.1) is 0 Å². The molecular weight excluding hydrogens is 486 g/mol. The van der Waals surface area contributed by atoms with E-state index in [1.165, 1.54) is 33.8 Å². The summed E-state index contributed by atoms with van der Waals surface area (Å²) in [4.78, 5) is 0. The van der Waals surface area contributed by atoms with E-state index >= 15 is 0 Å². The molecule has 0 radical (unpaired) electrons. The Hall–Kier alpha value is -2.30. The van der Waals surface area contributed by atoms with Crippen LogP contribution in [0.15, 0.2) is 121 Å². The fourth-order valence-electron chi connectivity index (χ4n) is 6.13. The summed E-state index contributed by atoms with van der Waals surface area (Å²) in [5.74, 6) is 0.550. The zero-order chi connectivity index (χ0) is 25.7. The van der Waals surface area contributed by atoms with Gasteiger partial charge in [0.25, 0.3) is 0 Å². The van der Waals surface area contributed by atoms with Crippen LogP contribution in [0, 0.1) is 16.7 Å². The van der Waals surface area contributed by atoms with Crippen LogP contribution < -0.4 is 21.2 Å². The molecule has 0 unspecified atom stereocenters. The van der Waals surface area contributed by atoms with Crippen LogP contribution in [0.4, 0.5) is 0 Å². The highest BCUT2D eigenvalue weighted by Gasteiger charge is 2.55. The molecule has 0 spiro atoms. The third-order valence-corrected chi connectivity index (χ3v) is 14.3. The summed E-state index contributed by atoms with van der Waals surface area (Å²) in [6.07, 6.45) is 4.54. The molecule has 4 aromatic rings. The molecule has 0 heterocycles. The molecule has 1 aliphatic carbocycles. The van der Waals surface area contributed by atoms with Gasteiger partial charge in [-0.2, -0.15) is 0 Å². The Labute approximate surface area is 225 Å². The van der Waals surface area contributed by atoms with Gasteiger partial charge in [-0.1, -0.05) is 135 Å². The summed E-state index contributed by atoms with van der Waals surface area (Å²) in [5.41, 5.74) is -0.0561. The maximum Gasteiger partial charge on any atom is 0.0490 e. The Balaban J connectivity index is 1.54. The molecule has 1 N–H and O–H groups in total. The van der Waals surface area contributed by atoms with Crippen molar-refractivity contribution in [3.8, 4) is 0 Å². The van der Waals surface area contributed by atoms with Gasteiger partial charge < -0.3 is 5.11 Å². The number of aliphatic hydroxyl groups excluding tert-OH is 1. The lowest BCUT2D eigenvalue weighted by Gasteiger charge is -2.47. The monoisotopic (exact) mass is 524 g/mol. The van der Waals surface area contributed by atoms with Gasteiger partial charge in [0.1, 0.15) is 0 Å². The van der Waals surface area contributed by atoms with E-state index in [2.05, 4.69) is 135 Å². The summed E-state index contributed by atoms with van der Waals surface area (Å²) in [7, 11) is -1.01. The van der Waals surface area contributed by atoms with Crippen LogP contribution in [0.3, 0.4) is 0 Å². The third kappa shape index (κ3) is 5.47. The molecule has 190 valence electrons. The Kier molecular flexibility index (Phi) is 8.26. The normalized spacial score (nSPS) is 23.5. The highest BCUT2D eigenvalue weighted by atomic mass is 31.1. The second-order valence-corrected chi connectivity index (χ2v) is 15.4. The smallest absolute Gasteiger partial charge is 0.0490 e. The number of hydrogen-bond acceptors (Lipinski definition) is 1. The van der Waals surface area contributed by atoms with Crippen molar-refractivity contribution in [2.75, 3.05) is 18.9 Å². The standard InChI is InChI=1S/C34H38OP2/c1-33(26-35)24-23-28(25-36(29-15-7-3-8-16-29)30-17-9-4-10-18-30)34(33,2)27-37(31-19-11-5-12-20-31)32-21-13-6-14-22-32/h3-22,28,35H,23-27H2,1-2H3/t28-,33+,34-/m1/s1. The minimum atomic E-state index is -0.539. The highest BCUT2D eigenvalue weighted by molar-refractivity contribution is 7.73. The van der Waals surface area contributed by atoms with Crippen molar-refractivity contribution < 1.29 is 5.11 Å². The number of benzene rings is 4. The SMILES string of the molecule is C[C@@]1(CO)CC[C@H](CP(c2ccccc2)c2ccccc2)[C@@]1(C)CP(c1ccccc1)c1ccccc1. The van der Waals surface area contributed by atoms with Crippen molar-refractivity contribution >= 4 is 37.1 Å². The summed E-state index contributed by atoms with van der Waals surface area (Å²) in [6, 6.07) is 44.4. The first-order chi connectivity index (χ1) is 18.0. The zero-order valence-electron chi connectivity index (χ0n) is 22.0. The van der Waals surface area contributed by atoms with Gasteiger partial charge >= 0.3 is 0 Å². The predicted octanol–water partition coefficient (Wildman–Crippen LogP) is 6.67. The first kappa shape index (κ1) is 26.3. The molecule has 0 amide bonds. The molecule has 1 fully saturated rings. The van der Waals surface area contributed by atoms with E-state index in [0.717, 1.165) is 12.6 Å². The van der Waals surface area contributed by atoms with Crippen molar-refractivity contribution in [2.45, 2.75) is 26.7 Å². The number of rotatable bonds is 9. The summed E-state index contributed by atoms with van der Waals surface area (Å²) in [5, 5.41) is 16.6. The van der Waals surface area contributed by atoms with E-state index in [1.807, 2.05) is 0 Å². The minimum absolute atomic E-state index is 0.0310. The quantitative estimate of drug-likeness (QED) is 0.243. The molecule has 5 rings (SSSR count). The molecule has 1 nitrogen and oxygen atoms in total. The van der Waals surface area contributed by atoms with Crippen LogP contribution in [0.5, 0.6) is 0 Å². The minimum Gasteiger partial charge on any atom is -0.396 e. The van der Waals surface area contributed by atoms with E-state index in [9.17, 15) is 5.11 Å². The molecule has 37 heavy (non-hydrogen) atoms. The highest BCUT2D eigenvalue weighted by Crippen LogP contribution is 2.62. The lowest BCUT2D eigenvalue weighted by Crippen LogP contribution is -2.44. The molecule has 0 bridgehead atoms. The molecule has 1 aliphatic rings. The molecule has 4 aromatic carbocycles. The van der Waals surface area contributed by atoms with Crippen molar-refractivity contribution in [1.29, 1.82) is 0 Å². The molecule has 1 saturated carbocycles. The average Bonchev–Trinajstić information content (AvgIpc) is 3.21. The van der Waals surface area contributed by atoms with Crippen LogP contribution in [0.1, 0.15) is 26.7 Å². The van der Waals surface area contributed by atoms with E-state index in [0.29, 0.717) is 5.92 Å². The van der Waals surface area contributed by atoms with E-state index in [4.69, 9.17) is 0 Å². The molecule has 0 saturated heterocycles. The summed E-state index contributed by atoms with van der Waals surface area (Å²) in [6.45, 7) is 5.11. The molecular formula is C34H38OP2. The van der Waals surface area contributed by atoms with Crippen molar-refractivity contribution in [2.24, 2.45) is 16.7 Å². The van der Waals surface area contributed by atoms with Gasteiger partial charge in [0.15, 0.2) is 0 Å². The van der Waals surface area contributed by atoms with Gasteiger partial charge in [-0.05, 0) is 79.0 Å². The Morgan fingerprint density at radius 3 is 1.38 bits per heavy atom. The maximum absolute atomic E-state index is 10.8. The van der Waals surface area contributed by atoms with Gasteiger partial charge in [0, 0.05) is 6.61 Å². The predicted molar refractivity (Wildman–Crippen MR) is 164 cm³/mol. The Morgan fingerprint density at radius 1 is 0.622 bits per heavy atom. The topological polar surface area (TPSA) is 20.2 Å². The molecule has 0 aliphatic heterocycles. The van der Waals surface area contributed by atoms with E-state index < -0.39 is 15.8 Å². The lowest BCUT2D eigenvalue weighted by molar-refractivity contribution is 0.0338. The van der Waals surface area contributed by atoms with E-state index in [-0.39, 0.29) is 17.4 Å². The van der Waals surface area contributed by atoms with Gasteiger partial charge in [0.2, 0.25) is 0 Å². The fraction of sp³-hybridized carbons (Fsp3) is 0.294. The van der Waals surface area contributed by atoms with Crippen LogP contribution in [0.25, 0.3) is 0 Å². The van der Waals surface area contributed by atoms with Gasteiger partial charge in [-0.25, -0.2) is 0 Å². The third-order valence-electron chi connectivity index (χ3n) is 8.83. The van der Waals surface area contributed by atoms with E-state index in [1.54, 1.807) is 0 Å². The number of hydrogen-bond donors (Lipinski definition) is 1. The number of aliphatic hydroxyl groups is 1. The fourth-order valence-corrected chi connectivity index (χ4v) is 12.0. The molecule has 3 atom stereocenters. The Morgan fingerprint density at radius 2 is 1.00 bits per heavy atom. The second-order valence-electron chi connectivity index (χ2n) is 10.9. The first-order valence-corrected chi connectivity index (χ1v) is 16.5. The summed E-state index contributed by atoms with van der Waals surface area (Å²) < 4.78 is 0. The van der Waals surface area contributed by atoms with Gasteiger partial charge in [-0.15, -0.1) is 0 Å². The van der Waals surface area contributed by atoms with Crippen LogP contribution in [-0.4, -0.2) is 24.0 Å². The van der Waals surface area contributed by atoms with Crippen LogP contribution >= 0.6 is 15.8 Å². The lowest BCUT2D eigenvalue weighted by atomic mass is 9.66.